The van der Waals surface area contributed by atoms with Crippen molar-refractivity contribution in [1.82, 2.24) is 4.90 Å². The molecule has 144 valence electrons. The molecule has 0 unspecified atom stereocenters. The first-order valence-electron chi connectivity index (χ1n) is 9.01. The molecular weight excluding hydrogens is 364 g/mol. The average Bonchev–Trinajstić information content (AvgIpc) is 2.69. The number of hydrogen-bond donors (Lipinski definition) is 0. The molecule has 0 radical (unpaired) electrons. The van der Waals surface area contributed by atoms with E-state index in [1.165, 1.54) is 5.56 Å². The standard InChI is InChI=1S/C21H25ClN2O3/c1-15-4-6-16(7-5-15)12-21(25)24-10-8-23(9-11-24)18-14-19(26-2)17(22)13-20(18)27-3/h4-7,13-14H,8-12H2,1-3H3. The molecule has 3 rings (SSSR count). The van der Waals surface area contributed by atoms with Crippen LogP contribution in [-0.2, 0) is 11.2 Å². The number of ether oxygens (including phenoxy) is 2. The third-order valence-electron chi connectivity index (χ3n) is 4.90. The number of halogens is 1. The summed E-state index contributed by atoms with van der Waals surface area (Å²) in [6.45, 7) is 4.88. The molecule has 0 bridgehead atoms. The Balaban J connectivity index is 1.65. The van der Waals surface area contributed by atoms with Crippen LogP contribution in [0.5, 0.6) is 11.5 Å². The third-order valence-corrected chi connectivity index (χ3v) is 5.20. The van der Waals surface area contributed by atoms with E-state index in [4.69, 9.17) is 21.1 Å². The fraction of sp³-hybridized carbons (Fsp3) is 0.381. The Morgan fingerprint density at radius 3 is 2.22 bits per heavy atom. The summed E-state index contributed by atoms with van der Waals surface area (Å²) in [6, 6.07) is 11.8. The van der Waals surface area contributed by atoms with Gasteiger partial charge in [-0.05, 0) is 12.5 Å². The molecule has 1 aliphatic heterocycles. The van der Waals surface area contributed by atoms with E-state index in [2.05, 4.69) is 4.90 Å². The van der Waals surface area contributed by atoms with E-state index in [-0.39, 0.29) is 5.91 Å². The Kier molecular flexibility index (Phi) is 6.11. The molecule has 1 aliphatic rings. The summed E-state index contributed by atoms with van der Waals surface area (Å²) in [6.07, 6.45) is 0.443. The number of amides is 1. The number of piperazine rings is 1. The lowest BCUT2D eigenvalue weighted by molar-refractivity contribution is -0.130. The summed E-state index contributed by atoms with van der Waals surface area (Å²) in [5.41, 5.74) is 3.19. The summed E-state index contributed by atoms with van der Waals surface area (Å²) in [7, 11) is 3.22. The molecule has 0 saturated carbocycles. The molecule has 1 heterocycles. The first-order valence-corrected chi connectivity index (χ1v) is 9.39. The number of carbonyl (C=O) groups excluding carboxylic acids is 1. The van der Waals surface area contributed by atoms with Crippen LogP contribution >= 0.6 is 11.6 Å². The number of benzene rings is 2. The summed E-state index contributed by atoms with van der Waals surface area (Å²) >= 11 is 6.19. The van der Waals surface area contributed by atoms with Gasteiger partial charge in [-0.3, -0.25) is 4.79 Å². The fourth-order valence-corrected chi connectivity index (χ4v) is 3.51. The summed E-state index contributed by atoms with van der Waals surface area (Å²) < 4.78 is 10.8. The van der Waals surface area contributed by atoms with E-state index in [0.717, 1.165) is 24.3 Å². The van der Waals surface area contributed by atoms with Gasteiger partial charge in [-0.2, -0.15) is 0 Å². The van der Waals surface area contributed by atoms with Crippen molar-refractivity contribution < 1.29 is 14.3 Å². The third kappa shape index (κ3) is 4.48. The van der Waals surface area contributed by atoms with Crippen LogP contribution in [0, 0.1) is 6.92 Å². The van der Waals surface area contributed by atoms with Crippen LogP contribution in [0.2, 0.25) is 5.02 Å². The highest BCUT2D eigenvalue weighted by Gasteiger charge is 2.24. The van der Waals surface area contributed by atoms with Crippen LogP contribution in [0.3, 0.4) is 0 Å². The van der Waals surface area contributed by atoms with E-state index >= 15 is 0 Å². The van der Waals surface area contributed by atoms with Crippen molar-refractivity contribution in [2.75, 3.05) is 45.3 Å². The van der Waals surface area contributed by atoms with E-state index in [1.807, 2.05) is 42.2 Å². The summed E-state index contributed by atoms with van der Waals surface area (Å²) in [5, 5.41) is 0.519. The highest BCUT2D eigenvalue weighted by Crippen LogP contribution is 2.38. The lowest BCUT2D eigenvalue weighted by Gasteiger charge is -2.37. The number of aryl methyl sites for hydroxylation is 1. The average molecular weight is 389 g/mol. The predicted molar refractivity (Wildman–Crippen MR) is 108 cm³/mol. The molecule has 0 N–H and O–H groups in total. The van der Waals surface area contributed by atoms with Crippen LogP contribution < -0.4 is 14.4 Å². The van der Waals surface area contributed by atoms with Gasteiger partial charge < -0.3 is 19.3 Å². The molecule has 0 aliphatic carbocycles. The van der Waals surface area contributed by atoms with Crippen LogP contribution in [0.25, 0.3) is 0 Å². The smallest absolute Gasteiger partial charge is 0.227 e. The van der Waals surface area contributed by atoms with E-state index in [0.29, 0.717) is 36.0 Å². The van der Waals surface area contributed by atoms with E-state index < -0.39 is 0 Å². The van der Waals surface area contributed by atoms with E-state index in [9.17, 15) is 4.79 Å². The van der Waals surface area contributed by atoms with Gasteiger partial charge in [0, 0.05) is 38.3 Å². The summed E-state index contributed by atoms with van der Waals surface area (Å²) in [4.78, 5) is 16.7. The fourth-order valence-electron chi connectivity index (χ4n) is 3.28. The van der Waals surface area contributed by atoms with Crippen LogP contribution in [0.15, 0.2) is 36.4 Å². The molecule has 1 fully saturated rings. The maximum Gasteiger partial charge on any atom is 0.227 e. The Morgan fingerprint density at radius 2 is 1.63 bits per heavy atom. The number of nitrogens with zero attached hydrogens (tertiary/aromatic N) is 2. The lowest BCUT2D eigenvalue weighted by atomic mass is 10.1. The summed E-state index contributed by atoms with van der Waals surface area (Å²) in [5.74, 6) is 1.49. The molecule has 2 aromatic rings. The number of hydrogen-bond acceptors (Lipinski definition) is 4. The molecule has 27 heavy (non-hydrogen) atoms. The number of methoxy groups -OCH3 is 2. The Morgan fingerprint density at radius 1 is 1.00 bits per heavy atom. The quantitative estimate of drug-likeness (QED) is 0.785. The van der Waals surface area contributed by atoms with Crippen molar-refractivity contribution >= 4 is 23.2 Å². The van der Waals surface area contributed by atoms with Gasteiger partial charge in [-0.25, -0.2) is 0 Å². The van der Waals surface area contributed by atoms with Gasteiger partial charge in [0.2, 0.25) is 5.91 Å². The maximum absolute atomic E-state index is 12.6. The number of anilines is 1. The van der Waals surface area contributed by atoms with Crippen molar-refractivity contribution in [3.8, 4) is 11.5 Å². The van der Waals surface area contributed by atoms with Gasteiger partial charge in [-0.15, -0.1) is 0 Å². The maximum atomic E-state index is 12.6. The second kappa shape index (κ2) is 8.53. The van der Waals surface area contributed by atoms with Crippen molar-refractivity contribution in [2.45, 2.75) is 13.3 Å². The Hall–Kier alpha value is -2.40. The molecule has 1 saturated heterocycles. The molecule has 1 amide bonds. The largest absolute Gasteiger partial charge is 0.495 e. The second-order valence-electron chi connectivity index (χ2n) is 6.69. The van der Waals surface area contributed by atoms with Gasteiger partial charge in [0.1, 0.15) is 11.5 Å². The predicted octanol–water partition coefficient (Wildman–Crippen LogP) is 3.56. The molecule has 2 aromatic carbocycles. The normalized spacial score (nSPS) is 14.2. The second-order valence-corrected chi connectivity index (χ2v) is 7.10. The van der Waals surface area contributed by atoms with Gasteiger partial charge in [-0.1, -0.05) is 41.4 Å². The molecule has 0 atom stereocenters. The van der Waals surface area contributed by atoms with E-state index in [1.54, 1.807) is 20.3 Å². The Bertz CT molecular complexity index is 800. The Labute approximate surface area is 165 Å². The van der Waals surface area contributed by atoms with Crippen LogP contribution in [-0.4, -0.2) is 51.2 Å². The zero-order valence-corrected chi connectivity index (χ0v) is 16.8. The molecular formula is C21H25ClN2O3. The van der Waals surface area contributed by atoms with Gasteiger partial charge >= 0.3 is 0 Å². The lowest BCUT2D eigenvalue weighted by Crippen LogP contribution is -2.49. The van der Waals surface area contributed by atoms with Gasteiger partial charge in [0.05, 0.1) is 31.4 Å². The monoisotopic (exact) mass is 388 g/mol. The molecule has 0 aromatic heterocycles. The molecule has 0 spiro atoms. The molecule has 6 heteroatoms. The zero-order valence-electron chi connectivity index (χ0n) is 16.0. The van der Waals surface area contributed by atoms with Gasteiger partial charge in [0.15, 0.2) is 0 Å². The van der Waals surface area contributed by atoms with Crippen LogP contribution in [0.4, 0.5) is 5.69 Å². The van der Waals surface area contributed by atoms with Crippen LogP contribution in [0.1, 0.15) is 11.1 Å². The SMILES string of the molecule is COc1cc(N2CCN(C(=O)Cc3ccc(C)cc3)CC2)c(OC)cc1Cl. The van der Waals surface area contributed by atoms with Crippen molar-refractivity contribution in [3.05, 3.63) is 52.5 Å². The van der Waals surface area contributed by atoms with Crippen molar-refractivity contribution in [3.63, 3.8) is 0 Å². The topological polar surface area (TPSA) is 42.0 Å². The minimum atomic E-state index is 0.166. The first kappa shape index (κ1) is 19.4. The number of rotatable bonds is 5. The molecule has 5 nitrogen and oxygen atoms in total. The van der Waals surface area contributed by atoms with Crippen molar-refractivity contribution in [1.29, 1.82) is 0 Å². The zero-order chi connectivity index (χ0) is 19.4. The minimum absolute atomic E-state index is 0.166. The minimum Gasteiger partial charge on any atom is -0.495 e. The number of carbonyl (C=O) groups is 1. The van der Waals surface area contributed by atoms with Crippen molar-refractivity contribution in [2.24, 2.45) is 0 Å². The van der Waals surface area contributed by atoms with Gasteiger partial charge in [0.25, 0.3) is 0 Å². The first-order chi connectivity index (χ1) is 13.0. The highest BCUT2D eigenvalue weighted by atomic mass is 35.5. The highest BCUT2D eigenvalue weighted by molar-refractivity contribution is 6.32.